The number of halogens is 1. The Hall–Kier alpha value is -3.07. The molecule has 0 radical (unpaired) electrons. The van der Waals surface area contributed by atoms with Crippen LogP contribution >= 0.6 is 11.3 Å². The van der Waals surface area contributed by atoms with Crippen molar-refractivity contribution in [1.82, 2.24) is 15.5 Å². The van der Waals surface area contributed by atoms with Gasteiger partial charge in [0, 0.05) is 23.1 Å². The zero-order valence-corrected chi connectivity index (χ0v) is 14.3. The van der Waals surface area contributed by atoms with Crippen molar-refractivity contribution in [3.63, 3.8) is 0 Å². The predicted octanol–water partition coefficient (Wildman–Crippen LogP) is 2.80. The van der Waals surface area contributed by atoms with Crippen LogP contribution in [0.15, 0.2) is 45.6 Å². The van der Waals surface area contributed by atoms with Crippen molar-refractivity contribution >= 4 is 23.2 Å². The number of rotatable bonds is 7. The largest absolute Gasteiger partial charge is 0.456 e. The van der Waals surface area contributed by atoms with Crippen LogP contribution in [-0.4, -0.2) is 28.6 Å². The molecule has 0 unspecified atom stereocenters. The Balaban J connectivity index is 1.42. The van der Waals surface area contributed by atoms with Gasteiger partial charge in [-0.2, -0.15) is 16.3 Å². The van der Waals surface area contributed by atoms with Crippen molar-refractivity contribution in [2.45, 2.75) is 13.0 Å². The van der Waals surface area contributed by atoms with E-state index in [1.54, 1.807) is 16.8 Å². The molecule has 0 bridgehead atoms. The number of amides is 1. The maximum atomic E-state index is 12.9. The topological polar surface area (TPSA) is 94.3 Å². The third-order valence-electron chi connectivity index (χ3n) is 3.33. The number of thiophene rings is 1. The lowest BCUT2D eigenvalue weighted by molar-refractivity contribution is -0.145. The number of nitrogens with zero attached hydrogens (tertiary/aromatic N) is 2. The van der Waals surface area contributed by atoms with Gasteiger partial charge in [-0.1, -0.05) is 5.16 Å². The first-order valence-electron chi connectivity index (χ1n) is 7.66. The lowest BCUT2D eigenvalue weighted by atomic mass is 10.2. The summed E-state index contributed by atoms with van der Waals surface area (Å²) in [5, 5.41) is 9.90. The van der Waals surface area contributed by atoms with Crippen LogP contribution in [0.1, 0.15) is 22.7 Å². The second-order valence-electron chi connectivity index (χ2n) is 5.20. The van der Waals surface area contributed by atoms with Gasteiger partial charge in [-0.05, 0) is 35.7 Å². The van der Waals surface area contributed by atoms with Crippen LogP contribution in [0, 0.1) is 5.82 Å². The van der Waals surface area contributed by atoms with Gasteiger partial charge in [-0.25, -0.2) is 4.39 Å². The van der Waals surface area contributed by atoms with E-state index in [1.807, 2.05) is 0 Å². The quantitative estimate of drug-likeness (QED) is 0.638. The molecule has 2 aromatic heterocycles. The van der Waals surface area contributed by atoms with Gasteiger partial charge in [-0.3, -0.25) is 9.59 Å². The van der Waals surface area contributed by atoms with Crippen molar-refractivity contribution in [2.24, 2.45) is 0 Å². The van der Waals surface area contributed by atoms with E-state index < -0.39 is 5.97 Å². The standard InChI is InChI=1S/C17H14FN3O4S/c18-13-3-1-11(2-4-13)16-20-14(25-21-16)9-24-15(22)5-7-19-17(23)12-6-8-26-10-12/h1-4,6,8,10H,5,7,9H2,(H,19,23). The molecule has 3 aromatic rings. The minimum Gasteiger partial charge on any atom is -0.456 e. The first-order valence-corrected chi connectivity index (χ1v) is 8.60. The van der Waals surface area contributed by atoms with Crippen molar-refractivity contribution < 1.29 is 23.2 Å². The first-order chi connectivity index (χ1) is 12.6. The summed E-state index contributed by atoms with van der Waals surface area (Å²) in [5.74, 6) is -0.700. The SMILES string of the molecule is O=C(CCNC(=O)c1ccsc1)OCc1nc(-c2ccc(F)cc2)no1. The maximum Gasteiger partial charge on any atom is 0.308 e. The lowest BCUT2D eigenvalue weighted by Gasteiger charge is -2.04. The van der Waals surface area contributed by atoms with E-state index in [1.165, 1.54) is 35.6 Å². The molecule has 0 fully saturated rings. The number of esters is 1. The second-order valence-corrected chi connectivity index (χ2v) is 5.98. The van der Waals surface area contributed by atoms with E-state index in [-0.39, 0.29) is 43.0 Å². The summed E-state index contributed by atoms with van der Waals surface area (Å²) in [6.45, 7) is -0.0102. The Labute approximate surface area is 151 Å². The Bertz CT molecular complexity index is 878. The third-order valence-corrected chi connectivity index (χ3v) is 4.01. The van der Waals surface area contributed by atoms with Crippen molar-refractivity contribution in [3.05, 3.63) is 58.4 Å². The molecule has 0 aliphatic rings. The Morgan fingerprint density at radius 2 is 2.04 bits per heavy atom. The average Bonchev–Trinajstić information content (AvgIpc) is 3.32. The molecule has 0 spiro atoms. The minimum absolute atomic E-state index is 0.0227. The van der Waals surface area contributed by atoms with Crippen molar-refractivity contribution in [3.8, 4) is 11.4 Å². The van der Waals surface area contributed by atoms with E-state index in [2.05, 4.69) is 15.5 Å². The maximum absolute atomic E-state index is 12.9. The summed E-state index contributed by atoms with van der Waals surface area (Å²) in [4.78, 5) is 27.5. The molecule has 1 amide bonds. The fourth-order valence-electron chi connectivity index (χ4n) is 2.02. The van der Waals surface area contributed by atoms with Gasteiger partial charge in [0.1, 0.15) is 5.82 Å². The number of carbonyl (C=O) groups excluding carboxylic acids is 2. The molecular formula is C17H14FN3O4S. The first kappa shape index (κ1) is 17.7. The van der Waals surface area contributed by atoms with Crippen LogP contribution < -0.4 is 5.32 Å². The number of hydrogen-bond donors (Lipinski definition) is 1. The Morgan fingerprint density at radius 1 is 1.23 bits per heavy atom. The van der Waals surface area contributed by atoms with Crippen LogP contribution in [0.25, 0.3) is 11.4 Å². The third kappa shape index (κ3) is 4.73. The number of carbonyl (C=O) groups is 2. The molecule has 9 heteroatoms. The molecule has 7 nitrogen and oxygen atoms in total. The monoisotopic (exact) mass is 375 g/mol. The Kier molecular flexibility index (Phi) is 5.69. The van der Waals surface area contributed by atoms with Gasteiger partial charge < -0.3 is 14.6 Å². The smallest absolute Gasteiger partial charge is 0.308 e. The highest BCUT2D eigenvalue weighted by atomic mass is 32.1. The number of nitrogens with one attached hydrogen (secondary N) is 1. The molecule has 1 N–H and O–H groups in total. The van der Waals surface area contributed by atoms with Crippen molar-refractivity contribution in [1.29, 1.82) is 0 Å². The molecule has 0 aliphatic heterocycles. The summed E-state index contributed by atoms with van der Waals surface area (Å²) in [6, 6.07) is 7.32. The summed E-state index contributed by atoms with van der Waals surface area (Å²) in [5.41, 5.74) is 1.14. The van der Waals surface area contributed by atoms with Crippen molar-refractivity contribution in [2.75, 3.05) is 6.54 Å². The van der Waals surface area contributed by atoms with Crippen LogP contribution in [0.2, 0.25) is 0 Å². The lowest BCUT2D eigenvalue weighted by Crippen LogP contribution is -2.26. The van der Waals surface area contributed by atoms with Gasteiger partial charge in [0.05, 0.1) is 6.42 Å². The highest BCUT2D eigenvalue weighted by molar-refractivity contribution is 7.08. The van der Waals surface area contributed by atoms with Gasteiger partial charge in [0.15, 0.2) is 6.61 Å². The molecule has 0 saturated heterocycles. The molecule has 1 aromatic carbocycles. The van der Waals surface area contributed by atoms with Gasteiger partial charge >= 0.3 is 5.97 Å². The Morgan fingerprint density at radius 3 is 2.77 bits per heavy atom. The molecule has 0 saturated carbocycles. The molecule has 0 atom stereocenters. The van der Waals surface area contributed by atoms with E-state index in [4.69, 9.17) is 9.26 Å². The molecule has 134 valence electrons. The molecule has 3 rings (SSSR count). The molecule has 26 heavy (non-hydrogen) atoms. The minimum atomic E-state index is -0.503. The molecular weight excluding hydrogens is 361 g/mol. The van der Waals surface area contributed by atoms with Crippen LogP contribution in [0.5, 0.6) is 0 Å². The zero-order chi connectivity index (χ0) is 18.4. The molecule has 0 aliphatic carbocycles. The molecule has 2 heterocycles. The average molecular weight is 375 g/mol. The van der Waals surface area contributed by atoms with Crippen LogP contribution in [-0.2, 0) is 16.1 Å². The summed E-state index contributed by atoms with van der Waals surface area (Å²) < 4.78 is 22.9. The normalized spacial score (nSPS) is 10.5. The second kappa shape index (κ2) is 8.34. The van der Waals surface area contributed by atoms with E-state index in [9.17, 15) is 14.0 Å². The number of benzene rings is 1. The van der Waals surface area contributed by atoms with Gasteiger partial charge in [0.2, 0.25) is 5.82 Å². The fraction of sp³-hybridized carbons (Fsp3) is 0.176. The number of ether oxygens (including phenoxy) is 1. The predicted molar refractivity (Wildman–Crippen MR) is 90.8 cm³/mol. The fourth-order valence-corrected chi connectivity index (χ4v) is 2.65. The van der Waals surface area contributed by atoms with Gasteiger partial charge in [0.25, 0.3) is 11.8 Å². The van der Waals surface area contributed by atoms with Crippen LogP contribution in [0.4, 0.5) is 4.39 Å². The highest BCUT2D eigenvalue weighted by Crippen LogP contribution is 2.16. The van der Waals surface area contributed by atoms with Crippen LogP contribution in [0.3, 0.4) is 0 Å². The summed E-state index contributed by atoms with van der Waals surface area (Å²) in [6.07, 6.45) is 0.0227. The summed E-state index contributed by atoms with van der Waals surface area (Å²) in [7, 11) is 0. The highest BCUT2D eigenvalue weighted by Gasteiger charge is 2.12. The van der Waals surface area contributed by atoms with E-state index >= 15 is 0 Å². The number of hydrogen-bond acceptors (Lipinski definition) is 7. The van der Waals surface area contributed by atoms with Gasteiger partial charge in [-0.15, -0.1) is 0 Å². The summed E-state index contributed by atoms with van der Waals surface area (Å²) >= 11 is 1.42. The number of aromatic nitrogens is 2. The van der Waals surface area contributed by atoms with E-state index in [0.717, 1.165) is 0 Å². The zero-order valence-electron chi connectivity index (χ0n) is 13.5. The van der Waals surface area contributed by atoms with E-state index in [0.29, 0.717) is 11.1 Å².